The number of pyridine rings is 1. The van der Waals surface area contributed by atoms with E-state index >= 15 is 0 Å². The molecule has 0 spiro atoms. The molecule has 4 rings (SSSR count). The van der Waals surface area contributed by atoms with Gasteiger partial charge >= 0.3 is 0 Å². The number of benzene rings is 1. The van der Waals surface area contributed by atoms with Crippen LogP contribution in [-0.4, -0.2) is 20.7 Å². The molecule has 1 amide bonds. The average Bonchev–Trinajstić information content (AvgIpc) is 3.32. The molecule has 5 nitrogen and oxygen atoms in total. The fraction of sp³-hybridized carbons (Fsp3) is 0. The molecular weight excluding hydrogens is 403 g/mol. The SMILES string of the molecule is NC(=O)c1ccc(-c2cc(-c3cccnc3)nn2-c2ccc(Cl)c(Cl)c2)s1. The number of primary amides is 1. The molecule has 27 heavy (non-hydrogen) atoms. The van der Waals surface area contributed by atoms with E-state index in [9.17, 15) is 4.79 Å². The van der Waals surface area contributed by atoms with E-state index in [0.717, 1.165) is 27.5 Å². The summed E-state index contributed by atoms with van der Waals surface area (Å²) in [4.78, 5) is 17.0. The first-order chi connectivity index (χ1) is 13.0. The van der Waals surface area contributed by atoms with Gasteiger partial charge in [-0.3, -0.25) is 9.78 Å². The first-order valence-electron chi connectivity index (χ1n) is 7.89. The van der Waals surface area contributed by atoms with Crippen LogP contribution < -0.4 is 5.73 Å². The number of halogens is 2. The van der Waals surface area contributed by atoms with Crippen LogP contribution in [0.4, 0.5) is 0 Å². The van der Waals surface area contributed by atoms with Gasteiger partial charge in [-0.25, -0.2) is 4.68 Å². The van der Waals surface area contributed by atoms with Crippen molar-refractivity contribution in [1.29, 1.82) is 0 Å². The van der Waals surface area contributed by atoms with E-state index < -0.39 is 5.91 Å². The average molecular weight is 415 g/mol. The molecule has 0 unspecified atom stereocenters. The topological polar surface area (TPSA) is 73.8 Å². The van der Waals surface area contributed by atoms with Gasteiger partial charge in [-0.1, -0.05) is 23.2 Å². The molecule has 0 aliphatic carbocycles. The minimum atomic E-state index is -0.459. The van der Waals surface area contributed by atoms with Crippen LogP contribution in [0.2, 0.25) is 10.0 Å². The van der Waals surface area contributed by atoms with Crippen LogP contribution in [-0.2, 0) is 0 Å². The fourth-order valence-electron chi connectivity index (χ4n) is 2.63. The maximum atomic E-state index is 11.5. The second-order valence-corrected chi connectivity index (χ2v) is 7.59. The Bertz CT molecular complexity index is 1140. The Morgan fingerprint density at radius 1 is 1.07 bits per heavy atom. The van der Waals surface area contributed by atoms with Gasteiger partial charge in [0.15, 0.2) is 0 Å². The van der Waals surface area contributed by atoms with Gasteiger partial charge in [0.25, 0.3) is 5.91 Å². The summed E-state index contributed by atoms with van der Waals surface area (Å²) in [5.74, 6) is -0.459. The monoisotopic (exact) mass is 414 g/mol. The molecule has 8 heteroatoms. The molecule has 0 bridgehead atoms. The summed E-state index contributed by atoms with van der Waals surface area (Å²) in [6.07, 6.45) is 3.45. The predicted molar refractivity (Wildman–Crippen MR) is 109 cm³/mol. The van der Waals surface area contributed by atoms with E-state index in [2.05, 4.69) is 4.98 Å². The number of rotatable bonds is 4. The lowest BCUT2D eigenvalue weighted by atomic mass is 10.2. The lowest BCUT2D eigenvalue weighted by Crippen LogP contribution is -2.08. The standard InChI is InChI=1S/C19H12Cl2N4OS/c20-13-4-3-12(8-14(13)21)25-16(17-5-6-18(27-17)19(22)26)9-15(24-25)11-2-1-7-23-10-11/h1-10H,(H2,22,26). The number of hydrogen-bond donors (Lipinski definition) is 1. The zero-order chi connectivity index (χ0) is 19.0. The van der Waals surface area contributed by atoms with Crippen molar-refractivity contribution < 1.29 is 4.79 Å². The number of nitrogens with zero attached hydrogens (tertiary/aromatic N) is 3. The minimum Gasteiger partial charge on any atom is -0.365 e. The number of nitrogens with two attached hydrogens (primary N) is 1. The quantitative estimate of drug-likeness (QED) is 0.506. The molecule has 0 saturated heterocycles. The van der Waals surface area contributed by atoms with E-state index in [-0.39, 0.29) is 0 Å². The molecule has 0 aliphatic rings. The molecule has 0 aliphatic heterocycles. The van der Waals surface area contributed by atoms with Crippen molar-refractivity contribution in [1.82, 2.24) is 14.8 Å². The Morgan fingerprint density at radius 2 is 1.93 bits per heavy atom. The molecule has 134 valence electrons. The summed E-state index contributed by atoms with van der Waals surface area (Å²) in [5.41, 5.74) is 8.59. The lowest BCUT2D eigenvalue weighted by molar-refractivity contribution is 0.100. The van der Waals surface area contributed by atoms with Crippen molar-refractivity contribution in [3.05, 3.63) is 75.8 Å². The summed E-state index contributed by atoms with van der Waals surface area (Å²) < 4.78 is 1.77. The van der Waals surface area contributed by atoms with Crippen LogP contribution in [0.25, 0.3) is 27.5 Å². The Kier molecular flexibility index (Phi) is 4.70. The number of carbonyl (C=O) groups excluding carboxylic acids is 1. The summed E-state index contributed by atoms with van der Waals surface area (Å²) in [6, 6.07) is 14.6. The second kappa shape index (κ2) is 7.15. The smallest absolute Gasteiger partial charge is 0.258 e. The third kappa shape index (κ3) is 3.47. The Balaban J connectivity index is 1.90. The normalized spacial score (nSPS) is 10.9. The van der Waals surface area contributed by atoms with Gasteiger partial charge in [0, 0.05) is 18.0 Å². The van der Waals surface area contributed by atoms with Crippen LogP contribution in [0.1, 0.15) is 9.67 Å². The summed E-state index contributed by atoms with van der Waals surface area (Å²) >= 11 is 13.5. The van der Waals surface area contributed by atoms with Crippen molar-refractivity contribution >= 4 is 40.4 Å². The van der Waals surface area contributed by atoms with E-state index in [1.54, 1.807) is 35.3 Å². The maximum absolute atomic E-state index is 11.5. The third-order valence-electron chi connectivity index (χ3n) is 3.92. The summed E-state index contributed by atoms with van der Waals surface area (Å²) in [6.45, 7) is 0. The Labute approximate surface area is 169 Å². The van der Waals surface area contributed by atoms with Crippen molar-refractivity contribution in [2.75, 3.05) is 0 Å². The first kappa shape index (κ1) is 17.7. The van der Waals surface area contributed by atoms with Crippen molar-refractivity contribution in [2.45, 2.75) is 0 Å². The molecule has 3 aromatic heterocycles. The van der Waals surface area contributed by atoms with Gasteiger partial charge in [-0.15, -0.1) is 11.3 Å². The lowest BCUT2D eigenvalue weighted by Gasteiger charge is -2.07. The fourth-order valence-corrected chi connectivity index (χ4v) is 3.79. The molecule has 4 aromatic rings. The maximum Gasteiger partial charge on any atom is 0.258 e. The number of thiophene rings is 1. The molecule has 0 fully saturated rings. The predicted octanol–water partition coefficient (Wildman–Crippen LogP) is 5.07. The Hall–Kier alpha value is -2.67. The van der Waals surface area contributed by atoms with Crippen LogP contribution in [0.5, 0.6) is 0 Å². The summed E-state index contributed by atoms with van der Waals surface area (Å²) in [5, 5.41) is 5.62. The van der Waals surface area contributed by atoms with Gasteiger partial charge in [-0.05, 0) is 48.5 Å². The van der Waals surface area contributed by atoms with Crippen LogP contribution in [0.15, 0.2) is 60.9 Å². The molecule has 1 aromatic carbocycles. The largest absolute Gasteiger partial charge is 0.365 e. The van der Waals surface area contributed by atoms with E-state index in [1.807, 2.05) is 30.3 Å². The number of aromatic nitrogens is 3. The van der Waals surface area contributed by atoms with Gasteiger partial charge in [-0.2, -0.15) is 5.10 Å². The van der Waals surface area contributed by atoms with Crippen molar-refractivity contribution in [3.63, 3.8) is 0 Å². The molecule has 0 saturated carbocycles. The van der Waals surface area contributed by atoms with E-state index in [4.69, 9.17) is 34.0 Å². The highest BCUT2D eigenvalue weighted by atomic mass is 35.5. The molecule has 3 heterocycles. The molecule has 0 atom stereocenters. The van der Waals surface area contributed by atoms with E-state index in [0.29, 0.717) is 14.9 Å². The third-order valence-corrected chi connectivity index (χ3v) is 5.78. The van der Waals surface area contributed by atoms with Gasteiger partial charge in [0.2, 0.25) is 0 Å². The minimum absolute atomic E-state index is 0.433. The molecular formula is C19H12Cl2N4OS. The molecule has 0 radical (unpaired) electrons. The van der Waals surface area contributed by atoms with Crippen LogP contribution in [0, 0.1) is 0 Å². The zero-order valence-electron chi connectivity index (χ0n) is 13.8. The first-order valence-corrected chi connectivity index (χ1v) is 9.46. The zero-order valence-corrected chi connectivity index (χ0v) is 16.1. The van der Waals surface area contributed by atoms with Crippen molar-refractivity contribution in [3.8, 4) is 27.5 Å². The Morgan fingerprint density at radius 3 is 2.59 bits per heavy atom. The highest BCUT2D eigenvalue weighted by Crippen LogP contribution is 2.34. The second-order valence-electron chi connectivity index (χ2n) is 5.69. The van der Waals surface area contributed by atoms with Gasteiger partial charge in [0.1, 0.15) is 0 Å². The van der Waals surface area contributed by atoms with Gasteiger partial charge < -0.3 is 5.73 Å². The number of hydrogen-bond acceptors (Lipinski definition) is 4. The van der Waals surface area contributed by atoms with Gasteiger partial charge in [0.05, 0.1) is 36.9 Å². The van der Waals surface area contributed by atoms with Crippen LogP contribution >= 0.6 is 34.5 Å². The van der Waals surface area contributed by atoms with E-state index in [1.165, 1.54) is 11.3 Å². The molecule has 2 N–H and O–H groups in total. The number of carbonyl (C=O) groups is 1. The van der Waals surface area contributed by atoms with Crippen LogP contribution in [0.3, 0.4) is 0 Å². The highest BCUT2D eigenvalue weighted by Gasteiger charge is 2.17. The highest BCUT2D eigenvalue weighted by molar-refractivity contribution is 7.17. The summed E-state index contributed by atoms with van der Waals surface area (Å²) in [7, 11) is 0. The number of amides is 1. The van der Waals surface area contributed by atoms with Crippen molar-refractivity contribution in [2.24, 2.45) is 5.73 Å².